The molecule has 0 atom stereocenters. The third kappa shape index (κ3) is 4.36. The number of carbonyl (C=O) groups excluding carboxylic acids is 1. The second-order valence-corrected chi connectivity index (χ2v) is 4.57. The lowest BCUT2D eigenvalue weighted by atomic mass is 10.2. The average Bonchev–Trinajstić information content (AvgIpc) is 2.44. The summed E-state index contributed by atoms with van der Waals surface area (Å²) in [5.74, 6) is 1.66. The Hall–Kier alpha value is -1.85. The number of hydrogen-bond acceptors (Lipinski definition) is 5. The van der Waals surface area contributed by atoms with Gasteiger partial charge in [-0.05, 0) is 27.2 Å². The number of likely N-dealkylation sites (N-methyl/N-ethyl adjacent to an activating group) is 2. The van der Waals surface area contributed by atoms with Crippen LogP contribution in [0.5, 0.6) is 0 Å². The van der Waals surface area contributed by atoms with Crippen molar-refractivity contribution in [2.45, 2.75) is 34.1 Å². The van der Waals surface area contributed by atoms with E-state index in [9.17, 15) is 4.79 Å². The van der Waals surface area contributed by atoms with E-state index in [1.54, 1.807) is 6.33 Å². The molecule has 1 rings (SSSR count). The molecule has 20 heavy (non-hydrogen) atoms. The van der Waals surface area contributed by atoms with Gasteiger partial charge in [0.1, 0.15) is 18.0 Å². The van der Waals surface area contributed by atoms with E-state index in [1.165, 1.54) is 0 Å². The predicted octanol–water partition coefficient (Wildman–Crippen LogP) is 1.57. The first-order valence-electron chi connectivity index (χ1n) is 7.21. The van der Waals surface area contributed by atoms with Gasteiger partial charge in [-0.1, -0.05) is 6.92 Å². The molecule has 0 aromatic carbocycles. The first-order chi connectivity index (χ1) is 9.63. The van der Waals surface area contributed by atoms with Gasteiger partial charge >= 0.3 is 0 Å². The van der Waals surface area contributed by atoms with E-state index in [-0.39, 0.29) is 5.91 Å². The molecule has 6 heteroatoms. The van der Waals surface area contributed by atoms with Gasteiger partial charge in [0.15, 0.2) is 0 Å². The third-order valence-electron chi connectivity index (χ3n) is 2.99. The highest BCUT2D eigenvalue weighted by Gasteiger charge is 2.15. The molecule has 0 saturated heterocycles. The third-order valence-corrected chi connectivity index (χ3v) is 2.99. The predicted molar refractivity (Wildman–Crippen MR) is 82.1 cm³/mol. The number of nitrogens with one attached hydrogen (secondary N) is 2. The van der Waals surface area contributed by atoms with Gasteiger partial charge < -0.3 is 15.5 Å². The molecular weight excluding hydrogens is 254 g/mol. The second-order valence-electron chi connectivity index (χ2n) is 4.57. The molecule has 0 radical (unpaired) electrons. The van der Waals surface area contributed by atoms with Crippen molar-refractivity contribution in [2.24, 2.45) is 0 Å². The SMILES string of the molecule is CCCNc1ncnc(N(CC)CC(=O)NCC)c1C. The van der Waals surface area contributed by atoms with Gasteiger partial charge in [0.05, 0.1) is 6.54 Å². The number of aromatic nitrogens is 2. The van der Waals surface area contributed by atoms with Crippen LogP contribution in [-0.2, 0) is 4.79 Å². The highest BCUT2D eigenvalue weighted by atomic mass is 16.2. The molecule has 1 aromatic heterocycles. The summed E-state index contributed by atoms with van der Waals surface area (Å²) < 4.78 is 0. The van der Waals surface area contributed by atoms with Crippen molar-refractivity contribution in [1.82, 2.24) is 15.3 Å². The Bertz CT molecular complexity index is 436. The van der Waals surface area contributed by atoms with E-state index >= 15 is 0 Å². The summed E-state index contributed by atoms with van der Waals surface area (Å²) in [6, 6.07) is 0. The molecule has 0 unspecified atom stereocenters. The molecule has 0 aliphatic heterocycles. The fourth-order valence-electron chi connectivity index (χ4n) is 1.94. The Morgan fingerprint density at radius 2 is 2.05 bits per heavy atom. The lowest BCUT2D eigenvalue weighted by Gasteiger charge is -2.23. The Morgan fingerprint density at radius 1 is 1.30 bits per heavy atom. The number of amides is 1. The van der Waals surface area contributed by atoms with Gasteiger partial charge in [-0.25, -0.2) is 9.97 Å². The lowest BCUT2D eigenvalue weighted by molar-refractivity contribution is -0.119. The molecule has 0 aliphatic carbocycles. The summed E-state index contributed by atoms with van der Waals surface area (Å²) >= 11 is 0. The monoisotopic (exact) mass is 279 g/mol. The van der Waals surface area contributed by atoms with Crippen molar-refractivity contribution in [3.05, 3.63) is 11.9 Å². The van der Waals surface area contributed by atoms with E-state index in [0.717, 1.165) is 36.7 Å². The maximum atomic E-state index is 11.7. The number of carbonyl (C=O) groups is 1. The van der Waals surface area contributed by atoms with Crippen LogP contribution in [0, 0.1) is 6.92 Å². The Balaban J connectivity index is 2.89. The Morgan fingerprint density at radius 3 is 2.65 bits per heavy atom. The van der Waals surface area contributed by atoms with Crippen molar-refractivity contribution in [3.63, 3.8) is 0 Å². The van der Waals surface area contributed by atoms with Crippen LogP contribution < -0.4 is 15.5 Å². The highest BCUT2D eigenvalue weighted by Crippen LogP contribution is 2.21. The van der Waals surface area contributed by atoms with Crippen molar-refractivity contribution in [1.29, 1.82) is 0 Å². The maximum Gasteiger partial charge on any atom is 0.239 e. The zero-order chi connectivity index (χ0) is 15.0. The first kappa shape index (κ1) is 16.2. The molecule has 6 nitrogen and oxygen atoms in total. The van der Waals surface area contributed by atoms with Crippen LogP contribution in [0.1, 0.15) is 32.8 Å². The molecule has 2 N–H and O–H groups in total. The van der Waals surface area contributed by atoms with Crippen molar-refractivity contribution >= 4 is 17.5 Å². The summed E-state index contributed by atoms with van der Waals surface area (Å²) in [4.78, 5) is 22.3. The van der Waals surface area contributed by atoms with Crippen LogP contribution in [0.3, 0.4) is 0 Å². The van der Waals surface area contributed by atoms with Gasteiger partial charge in [0.25, 0.3) is 0 Å². The molecule has 1 aromatic rings. The largest absolute Gasteiger partial charge is 0.370 e. The second kappa shape index (κ2) is 8.35. The van der Waals surface area contributed by atoms with E-state index < -0.39 is 0 Å². The average molecular weight is 279 g/mol. The van der Waals surface area contributed by atoms with Gasteiger partial charge in [0, 0.05) is 25.2 Å². The molecule has 0 bridgehead atoms. The molecular formula is C14H25N5O. The fraction of sp³-hybridized carbons (Fsp3) is 0.643. The lowest BCUT2D eigenvalue weighted by Crippen LogP contribution is -2.38. The van der Waals surface area contributed by atoms with Crippen LogP contribution in [0.2, 0.25) is 0 Å². The number of nitrogens with zero attached hydrogens (tertiary/aromatic N) is 3. The standard InChI is InChI=1S/C14H25N5O/c1-5-8-16-13-11(4)14(18-10-17-13)19(7-3)9-12(20)15-6-2/h10H,5-9H2,1-4H3,(H,15,20)(H,16,17,18). The molecule has 0 spiro atoms. The minimum Gasteiger partial charge on any atom is -0.370 e. The number of anilines is 2. The van der Waals surface area contributed by atoms with Crippen LogP contribution in [0.25, 0.3) is 0 Å². The first-order valence-corrected chi connectivity index (χ1v) is 7.21. The van der Waals surface area contributed by atoms with Crippen LogP contribution in [-0.4, -0.2) is 42.1 Å². The van der Waals surface area contributed by atoms with Gasteiger partial charge in [-0.15, -0.1) is 0 Å². The summed E-state index contributed by atoms with van der Waals surface area (Å²) in [6.45, 7) is 10.6. The van der Waals surface area contributed by atoms with Crippen LogP contribution in [0.4, 0.5) is 11.6 Å². The van der Waals surface area contributed by atoms with Crippen LogP contribution in [0.15, 0.2) is 6.33 Å². The van der Waals surface area contributed by atoms with E-state index in [2.05, 4.69) is 27.5 Å². The zero-order valence-corrected chi connectivity index (χ0v) is 12.9. The van der Waals surface area contributed by atoms with Gasteiger partial charge in [-0.3, -0.25) is 4.79 Å². The Labute approximate surface area is 121 Å². The number of hydrogen-bond donors (Lipinski definition) is 2. The topological polar surface area (TPSA) is 70.2 Å². The normalized spacial score (nSPS) is 10.2. The van der Waals surface area contributed by atoms with E-state index in [1.807, 2.05) is 25.7 Å². The minimum absolute atomic E-state index is 0.00966. The van der Waals surface area contributed by atoms with Crippen LogP contribution >= 0.6 is 0 Å². The van der Waals surface area contributed by atoms with Crippen molar-refractivity contribution < 1.29 is 4.79 Å². The molecule has 1 heterocycles. The Kier molecular flexibility index (Phi) is 6.76. The summed E-state index contributed by atoms with van der Waals surface area (Å²) in [6.07, 6.45) is 2.58. The molecule has 0 saturated carbocycles. The fourth-order valence-corrected chi connectivity index (χ4v) is 1.94. The molecule has 0 aliphatic rings. The summed E-state index contributed by atoms with van der Waals surface area (Å²) in [5.41, 5.74) is 0.979. The van der Waals surface area contributed by atoms with Crippen molar-refractivity contribution in [3.8, 4) is 0 Å². The molecule has 1 amide bonds. The summed E-state index contributed by atoms with van der Waals surface area (Å²) in [5, 5.41) is 6.09. The van der Waals surface area contributed by atoms with E-state index in [0.29, 0.717) is 13.1 Å². The summed E-state index contributed by atoms with van der Waals surface area (Å²) in [7, 11) is 0. The minimum atomic E-state index is 0.00966. The zero-order valence-electron chi connectivity index (χ0n) is 12.9. The smallest absolute Gasteiger partial charge is 0.239 e. The van der Waals surface area contributed by atoms with E-state index in [4.69, 9.17) is 0 Å². The van der Waals surface area contributed by atoms with Gasteiger partial charge in [-0.2, -0.15) is 0 Å². The maximum absolute atomic E-state index is 11.7. The van der Waals surface area contributed by atoms with Crippen molar-refractivity contribution in [2.75, 3.05) is 36.4 Å². The molecule has 112 valence electrons. The highest BCUT2D eigenvalue weighted by molar-refractivity contribution is 5.81. The quantitative estimate of drug-likeness (QED) is 0.756. The number of rotatable bonds is 8. The molecule has 0 fully saturated rings. The van der Waals surface area contributed by atoms with Gasteiger partial charge in [0.2, 0.25) is 5.91 Å².